The molecule has 0 spiro atoms. The van der Waals surface area contributed by atoms with Gasteiger partial charge in [-0.1, -0.05) is 385 Å². The fourth-order valence-electron chi connectivity index (χ4n) is 12.7. The SMILES string of the molecule is CCCCCCCCC/C=C\CCCCCCCCCC(=O)OCCCCCCCCCCCCCC/C=C\CCCCCCCCCCCCCCCCCC(=O)NC(CO)C(O)CCCCCCCCCCCCCCCCCCCCCC. The van der Waals surface area contributed by atoms with Crippen LogP contribution in [-0.4, -0.2) is 47.4 Å². The highest BCUT2D eigenvalue weighted by molar-refractivity contribution is 5.76. The van der Waals surface area contributed by atoms with Crippen molar-refractivity contribution in [2.45, 2.75) is 463 Å². The summed E-state index contributed by atoms with van der Waals surface area (Å²) in [5, 5.41) is 23.4. The lowest BCUT2D eigenvalue weighted by Crippen LogP contribution is -2.45. The molecule has 0 bridgehead atoms. The first-order chi connectivity index (χ1) is 42.5. The molecule has 0 saturated carbocycles. The van der Waals surface area contributed by atoms with Crippen LogP contribution >= 0.6 is 0 Å². The van der Waals surface area contributed by atoms with Crippen molar-refractivity contribution in [2.75, 3.05) is 13.2 Å². The second-order valence-electron chi connectivity index (χ2n) is 27.4. The van der Waals surface area contributed by atoms with Gasteiger partial charge in [0.2, 0.25) is 5.91 Å². The second-order valence-corrected chi connectivity index (χ2v) is 27.4. The van der Waals surface area contributed by atoms with E-state index in [1.165, 1.54) is 372 Å². The highest BCUT2D eigenvalue weighted by atomic mass is 16.5. The molecule has 6 nitrogen and oxygen atoms in total. The van der Waals surface area contributed by atoms with Crippen LogP contribution in [0.2, 0.25) is 0 Å². The molecular formula is C80H155NO5. The lowest BCUT2D eigenvalue weighted by molar-refractivity contribution is -0.143. The maximum Gasteiger partial charge on any atom is 0.305 e. The molecule has 0 heterocycles. The molecule has 510 valence electrons. The minimum atomic E-state index is -0.664. The van der Waals surface area contributed by atoms with Gasteiger partial charge in [-0.25, -0.2) is 0 Å². The Morgan fingerprint density at radius 1 is 0.314 bits per heavy atom. The Labute approximate surface area is 539 Å². The predicted molar refractivity (Wildman–Crippen MR) is 380 cm³/mol. The van der Waals surface area contributed by atoms with E-state index in [1.807, 2.05) is 0 Å². The standard InChI is InChI=1S/C80H155NO5/c1-3-5-7-9-11-13-15-17-19-21-23-37-40-44-48-52-56-60-64-68-72-78(83)77(76-82)81-79(84)73-69-65-61-57-53-49-45-41-38-35-33-31-29-27-25-24-26-28-30-32-34-36-39-43-47-51-55-59-63-67-71-75-86-80(85)74-70-66-62-58-54-50-46-42-22-20-18-16-14-12-10-8-6-4-2/h20,22,26,28,77-78,82-83H,3-19,21,23-25,27,29-76H2,1-2H3,(H,81,84)/b22-20-,28-26-. The average Bonchev–Trinajstić information content (AvgIpc) is 3.54. The number of hydrogen-bond acceptors (Lipinski definition) is 5. The van der Waals surface area contributed by atoms with Crippen molar-refractivity contribution in [1.29, 1.82) is 0 Å². The fourth-order valence-corrected chi connectivity index (χ4v) is 12.7. The fraction of sp³-hybridized carbons (Fsp3) is 0.925. The Morgan fingerprint density at radius 2 is 0.547 bits per heavy atom. The van der Waals surface area contributed by atoms with Crippen molar-refractivity contribution in [3.63, 3.8) is 0 Å². The second kappa shape index (κ2) is 75.8. The molecule has 2 atom stereocenters. The molecule has 0 saturated heterocycles. The van der Waals surface area contributed by atoms with Crippen LogP contribution in [0.15, 0.2) is 24.3 Å². The molecule has 0 aliphatic heterocycles. The summed E-state index contributed by atoms with van der Waals surface area (Å²) in [7, 11) is 0. The van der Waals surface area contributed by atoms with Gasteiger partial charge in [-0.15, -0.1) is 0 Å². The van der Waals surface area contributed by atoms with E-state index < -0.39 is 12.1 Å². The zero-order valence-corrected chi connectivity index (χ0v) is 58.6. The number of aliphatic hydroxyl groups excluding tert-OH is 2. The summed E-state index contributed by atoms with van der Waals surface area (Å²) in [6.07, 6.45) is 96.9. The Kier molecular flexibility index (Phi) is 74.3. The van der Waals surface area contributed by atoms with Crippen molar-refractivity contribution in [3.8, 4) is 0 Å². The first-order valence-corrected chi connectivity index (χ1v) is 39.6. The Hall–Kier alpha value is -1.66. The normalized spacial score (nSPS) is 12.6. The number of amides is 1. The van der Waals surface area contributed by atoms with Gasteiger partial charge in [0.15, 0.2) is 0 Å². The maximum atomic E-state index is 12.6. The van der Waals surface area contributed by atoms with Gasteiger partial charge in [0, 0.05) is 12.8 Å². The van der Waals surface area contributed by atoms with Crippen molar-refractivity contribution >= 4 is 11.9 Å². The summed E-state index contributed by atoms with van der Waals surface area (Å²) in [6.45, 7) is 5.00. The van der Waals surface area contributed by atoms with Crippen LogP contribution in [0, 0.1) is 0 Å². The molecule has 0 rings (SSSR count). The molecule has 6 heteroatoms. The summed E-state index contributed by atoms with van der Waals surface area (Å²) in [6, 6.07) is -0.541. The number of carbonyl (C=O) groups is 2. The van der Waals surface area contributed by atoms with Gasteiger partial charge in [-0.3, -0.25) is 9.59 Å². The average molecular weight is 1210 g/mol. The number of rotatable bonds is 75. The third-order valence-electron chi connectivity index (χ3n) is 18.7. The van der Waals surface area contributed by atoms with Gasteiger partial charge in [-0.05, 0) is 77.0 Å². The number of unbranched alkanes of at least 4 members (excludes halogenated alkanes) is 60. The van der Waals surface area contributed by atoms with Crippen molar-refractivity contribution in [1.82, 2.24) is 5.32 Å². The van der Waals surface area contributed by atoms with Crippen LogP contribution in [0.3, 0.4) is 0 Å². The quantitative estimate of drug-likeness (QED) is 0.0320. The van der Waals surface area contributed by atoms with Crippen LogP contribution in [0.5, 0.6) is 0 Å². The Morgan fingerprint density at radius 3 is 0.826 bits per heavy atom. The minimum absolute atomic E-state index is 0.0159. The Bertz CT molecular complexity index is 1350. The molecule has 86 heavy (non-hydrogen) atoms. The summed E-state index contributed by atoms with van der Waals surface area (Å²) in [5.41, 5.74) is 0. The topological polar surface area (TPSA) is 95.9 Å². The largest absolute Gasteiger partial charge is 0.466 e. The maximum absolute atomic E-state index is 12.6. The molecule has 0 aromatic heterocycles. The van der Waals surface area contributed by atoms with Crippen molar-refractivity contribution in [3.05, 3.63) is 24.3 Å². The van der Waals surface area contributed by atoms with Crippen molar-refractivity contribution in [2.24, 2.45) is 0 Å². The number of aliphatic hydroxyl groups is 2. The lowest BCUT2D eigenvalue weighted by atomic mass is 10.0. The molecule has 0 radical (unpaired) electrons. The summed E-state index contributed by atoms with van der Waals surface area (Å²) >= 11 is 0. The highest BCUT2D eigenvalue weighted by Gasteiger charge is 2.20. The highest BCUT2D eigenvalue weighted by Crippen LogP contribution is 2.20. The van der Waals surface area contributed by atoms with E-state index in [-0.39, 0.29) is 18.5 Å². The van der Waals surface area contributed by atoms with Crippen LogP contribution in [0.1, 0.15) is 450 Å². The molecule has 0 aliphatic carbocycles. The zero-order chi connectivity index (χ0) is 62.0. The molecule has 0 aliphatic rings. The summed E-state index contributed by atoms with van der Waals surface area (Å²) < 4.78 is 5.51. The van der Waals surface area contributed by atoms with Crippen LogP contribution in [0.4, 0.5) is 0 Å². The van der Waals surface area contributed by atoms with E-state index in [1.54, 1.807) is 0 Å². The number of hydrogen-bond donors (Lipinski definition) is 3. The molecule has 0 fully saturated rings. The van der Waals surface area contributed by atoms with E-state index >= 15 is 0 Å². The van der Waals surface area contributed by atoms with Crippen molar-refractivity contribution < 1.29 is 24.5 Å². The van der Waals surface area contributed by atoms with Gasteiger partial charge in [0.05, 0.1) is 25.4 Å². The van der Waals surface area contributed by atoms with E-state index in [0.717, 1.165) is 44.9 Å². The van der Waals surface area contributed by atoms with Crippen LogP contribution in [-0.2, 0) is 14.3 Å². The zero-order valence-electron chi connectivity index (χ0n) is 58.6. The molecule has 2 unspecified atom stereocenters. The smallest absolute Gasteiger partial charge is 0.305 e. The lowest BCUT2D eigenvalue weighted by Gasteiger charge is -2.22. The van der Waals surface area contributed by atoms with Gasteiger partial charge < -0.3 is 20.3 Å². The first-order valence-electron chi connectivity index (χ1n) is 39.6. The van der Waals surface area contributed by atoms with E-state index in [2.05, 4.69) is 43.5 Å². The van der Waals surface area contributed by atoms with Gasteiger partial charge >= 0.3 is 5.97 Å². The van der Waals surface area contributed by atoms with E-state index in [0.29, 0.717) is 25.9 Å². The summed E-state index contributed by atoms with van der Waals surface area (Å²) in [4.78, 5) is 24.7. The summed E-state index contributed by atoms with van der Waals surface area (Å²) in [5.74, 6) is -0.0120. The Balaban J connectivity index is 3.35. The van der Waals surface area contributed by atoms with Gasteiger partial charge in [0.1, 0.15) is 0 Å². The molecule has 3 N–H and O–H groups in total. The number of ether oxygens (including phenoxy) is 1. The number of allylic oxidation sites excluding steroid dienone is 4. The number of nitrogens with one attached hydrogen (secondary N) is 1. The predicted octanol–water partition coefficient (Wildman–Crippen LogP) is 26.0. The van der Waals surface area contributed by atoms with Crippen LogP contribution < -0.4 is 5.32 Å². The molecule has 0 aromatic rings. The molecule has 0 aromatic carbocycles. The van der Waals surface area contributed by atoms with Gasteiger partial charge in [-0.2, -0.15) is 0 Å². The third kappa shape index (κ3) is 71.4. The van der Waals surface area contributed by atoms with Gasteiger partial charge in [0.25, 0.3) is 0 Å². The number of esters is 1. The van der Waals surface area contributed by atoms with E-state index in [9.17, 15) is 19.8 Å². The minimum Gasteiger partial charge on any atom is -0.466 e. The third-order valence-corrected chi connectivity index (χ3v) is 18.7. The molecule has 1 amide bonds. The monoisotopic (exact) mass is 1210 g/mol. The first kappa shape index (κ1) is 84.3. The van der Waals surface area contributed by atoms with E-state index in [4.69, 9.17) is 4.74 Å². The molecular weight excluding hydrogens is 1050 g/mol. The van der Waals surface area contributed by atoms with Crippen LogP contribution in [0.25, 0.3) is 0 Å². The number of carbonyl (C=O) groups excluding carboxylic acids is 2.